The molecule has 1 aromatic heterocycles. The lowest BCUT2D eigenvalue weighted by atomic mass is 10.3. The summed E-state index contributed by atoms with van der Waals surface area (Å²) in [5.41, 5.74) is 2.10. The molecular formula is C15H19N3O3. The Morgan fingerprint density at radius 2 is 2.10 bits per heavy atom. The van der Waals surface area contributed by atoms with Crippen LogP contribution < -0.4 is 10.1 Å². The molecule has 1 heterocycles. The number of rotatable bonds is 7. The summed E-state index contributed by atoms with van der Waals surface area (Å²) in [7, 11) is 1.33. The molecule has 6 nitrogen and oxygen atoms in total. The average molecular weight is 289 g/mol. The Hall–Kier alpha value is -2.50. The van der Waals surface area contributed by atoms with E-state index in [0.29, 0.717) is 12.3 Å². The van der Waals surface area contributed by atoms with Gasteiger partial charge in [-0.2, -0.15) is 0 Å². The highest BCUT2D eigenvalue weighted by molar-refractivity contribution is 5.70. The molecule has 0 spiro atoms. The fourth-order valence-electron chi connectivity index (χ4n) is 1.84. The maximum absolute atomic E-state index is 11.0. The van der Waals surface area contributed by atoms with Crippen LogP contribution in [0.15, 0.2) is 36.8 Å². The molecule has 1 N–H and O–H groups in total. The minimum Gasteiger partial charge on any atom is -0.482 e. The Morgan fingerprint density at radius 1 is 1.33 bits per heavy atom. The van der Waals surface area contributed by atoms with E-state index in [4.69, 9.17) is 4.74 Å². The van der Waals surface area contributed by atoms with Gasteiger partial charge in [0.1, 0.15) is 5.75 Å². The van der Waals surface area contributed by atoms with Crippen molar-refractivity contribution in [2.75, 3.05) is 19.0 Å². The van der Waals surface area contributed by atoms with E-state index in [2.05, 4.69) is 26.5 Å². The van der Waals surface area contributed by atoms with Crippen LogP contribution in [0.25, 0.3) is 0 Å². The molecule has 0 aliphatic heterocycles. The van der Waals surface area contributed by atoms with Gasteiger partial charge in [0.05, 0.1) is 25.7 Å². The molecule has 0 aliphatic carbocycles. The van der Waals surface area contributed by atoms with Crippen LogP contribution in [0.2, 0.25) is 0 Å². The van der Waals surface area contributed by atoms with Crippen molar-refractivity contribution in [1.82, 2.24) is 9.55 Å². The number of anilines is 1. The van der Waals surface area contributed by atoms with Gasteiger partial charge in [-0.05, 0) is 31.2 Å². The van der Waals surface area contributed by atoms with E-state index in [1.54, 1.807) is 0 Å². The smallest absolute Gasteiger partial charge is 0.343 e. The number of hydrogen-bond acceptors (Lipinski definition) is 5. The van der Waals surface area contributed by atoms with Crippen LogP contribution in [0, 0.1) is 0 Å². The van der Waals surface area contributed by atoms with Crippen molar-refractivity contribution in [3.05, 3.63) is 42.5 Å². The standard InChI is InChI=1S/C15H19N3O3/c1-3-18-11-16-8-13(18)9-17-12-4-6-14(7-5-12)21-10-15(19)20-2/h4-8,11,17H,3,9-10H2,1-2H3. The lowest BCUT2D eigenvalue weighted by Crippen LogP contribution is -2.12. The molecule has 21 heavy (non-hydrogen) atoms. The first kappa shape index (κ1) is 14.9. The summed E-state index contributed by atoms with van der Waals surface area (Å²) in [6.07, 6.45) is 3.67. The van der Waals surface area contributed by atoms with E-state index in [1.807, 2.05) is 36.8 Å². The van der Waals surface area contributed by atoms with E-state index in [-0.39, 0.29) is 6.61 Å². The zero-order valence-electron chi connectivity index (χ0n) is 12.2. The van der Waals surface area contributed by atoms with Gasteiger partial charge in [-0.15, -0.1) is 0 Å². The van der Waals surface area contributed by atoms with E-state index >= 15 is 0 Å². The normalized spacial score (nSPS) is 10.2. The van der Waals surface area contributed by atoms with Crippen molar-refractivity contribution in [1.29, 1.82) is 0 Å². The van der Waals surface area contributed by atoms with Crippen molar-refractivity contribution in [3.8, 4) is 5.75 Å². The summed E-state index contributed by atoms with van der Waals surface area (Å²) in [6, 6.07) is 7.42. The second kappa shape index (κ2) is 7.33. The lowest BCUT2D eigenvalue weighted by molar-refractivity contribution is -0.142. The number of aryl methyl sites for hydroxylation is 1. The van der Waals surface area contributed by atoms with Gasteiger partial charge in [0.15, 0.2) is 6.61 Å². The quantitative estimate of drug-likeness (QED) is 0.790. The Labute approximate surface area is 123 Å². The van der Waals surface area contributed by atoms with Gasteiger partial charge >= 0.3 is 5.97 Å². The van der Waals surface area contributed by atoms with Crippen molar-refractivity contribution in [2.45, 2.75) is 20.0 Å². The lowest BCUT2D eigenvalue weighted by Gasteiger charge is -2.09. The number of ether oxygens (including phenoxy) is 2. The van der Waals surface area contributed by atoms with Gasteiger partial charge in [-0.3, -0.25) is 0 Å². The largest absolute Gasteiger partial charge is 0.482 e. The maximum atomic E-state index is 11.0. The molecular weight excluding hydrogens is 270 g/mol. The van der Waals surface area contributed by atoms with E-state index in [9.17, 15) is 4.79 Å². The van der Waals surface area contributed by atoms with Crippen LogP contribution in [0.4, 0.5) is 5.69 Å². The third-order valence-electron chi connectivity index (χ3n) is 3.05. The zero-order chi connectivity index (χ0) is 15.1. The minimum absolute atomic E-state index is 0.0844. The number of nitrogens with one attached hydrogen (secondary N) is 1. The number of nitrogens with zero attached hydrogens (tertiary/aromatic N) is 2. The van der Waals surface area contributed by atoms with E-state index in [0.717, 1.165) is 17.9 Å². The first-order valence-electron chi connectivity index (χ1n) is 6.75. The summed E-state index contributed by atoms with van der Waals surface area (Å²) >= 11 is 0. The highest BCUT2D eigenvalue weighted by Gasteiger charge is 2.03. The molecule has 0 atom stereocenters. The zero-order valence-corrected chi connectivity index (χ0v) is 12.2. The molecule has 0 unspecified atom stereocenters. The van der Waals surface area contributed by atoms with Gasteiger partial charge in [0.2, 0.25) is 0 Å². The van der Waals surface area contributed by atoms with E-state index < -0.39 is 5.97 Å². The third kappa shape index (κ3) is 4.24. The van der Waals surface area contributed by atoms with Crippen LogP contribution in [-0.2, 0) is 22.6 Å². The number of benzene rings is 1. The molecule has 0 bridgehead atoms. The van der Waals surface area contributed by atoms with Crippen LogP contribution in [0.3, 0.4) is 0 Å². The Balaban J connectivity index is 1.86. The number of imidazole rings is 1. The number of hydrogen-bond donors (Lipinski definition) is 1. The first-order valence-corrected chi connectivity index (χ1v) is 6.75. The summed E-state index contributed by atoms with van der Waals surface area (Å²) in [5, 5.41) is 3.32. The number of methoxy groups -OCH3 is 1. The summed E-state index contributed by atoms with van der Waals surface area (Å²) in [4.78, 5) is 15.1. The number of aromatic nitrogens is 2. The van der Waals surface area contributed by atoms with Gasteiger partial charge in [-0.1, -0.05) is 0 Å². The number of carbonyl (C=O) groups is 1. The average Bonchev–Trinajstić information content (AvgIpc) is 2.99. The molecule has 0 aliphatic rings. The van der Waals surface area contributed by atoms with Crippen molar-refractivity contribution >= 4 is 11.7 Å². The summed E-state index contributed by atoms with van der Waals surface area (Å²) in [5.74, 6) is 0.231. The molecule has 2 rings (SSSR count). The van der Waals surface area contributed by atoms with Gasteiger partial charge < -0.3 is 19.4 Å². The monoisotopic (exact) mass is 289 g/mol. The fourth-order valence-corrected chi connectivity index (χ4v) is 1.84. The van der Waals surface area contributed by atoms with Crippen LogP contribution in [0.5, 0.6) is 5.75 Å². The first-order chi connectivity index (χ1) is 10.2. The Morgan fingerprint density at radius 3 is 2.76 bits per heavy atom. The predicted molar refractivity (Wildman–Crippen MR) is 79.2 cm³/mol. The fraction of sp³-hybridized carbons (Fsp3) is 0.333. The molecule has 112 valence electrons. The van der Waals surface area contributed by atoms with Gasteiger partial charge in [0.25, 0.3) is 0 Å². The molecule has 0 saturated heterocycles. The third-order valence-corrected chi connectivity index (χ3v) is 3.05. The number of esters is 1. The minimum atomic E-state index is -0.398. The Bertz CT molecular complexity index is 578. The maximum Gasteiger partial charge on any atom is 0.343 e. The van der Waals surface area contributed by atoms with Crippen LogP contribution in [-0.4, -0.2) is 29.2 Å². The van der Waals surface area contributed by atoms with Crippen molar-refractivity contribution in [3.63, 3.8) is 0 Å². The van der Waals surface area contributed by atoms with Gasteiger partial charge in [0, 0.05) is 18.4 Å². The van der Waals surface area contributed by atoms with E-state index in [1.165, 1.54) is 7.11 Å². The molecule has 6 heteroatoms. The second-order valence-electron chi connectivity index (χ2n) is 4.41. The highest BCUT2D eigenvalue weighted by Crippen LogP contribution is 2.16. The molecule has 2 aromatic rings. The highest BCUT2D eigenvalue weighted by atomic mass is 16.6. The molecule has 0 saturated carbocycles. The Kier molecular flexibility index (Phi) is 5.20. The topological polar surface area (TPSA) is 65.4 Å². The van der Waals surface area contributed by atoms with Crippen LogP contribution in [0.1, 0.15) is 12.6 Å². The molecule has 0 radical (unpaired) electrons. The molecule has 1 aromatic carbocycles. The molecule has 0 amide bonds. The van der Waals surface area contributed by atoms with Crippen molar-refractivity contribution in [2.24, 2.45) is 0 Å². The summed E-state index contributed by atoms with van der Waals surface area (Å²) < 4.78 is 11.9. The van der Waals surface area contributed by atoms with Crippen LogP contribution >= 0.6 is 0 Å². The number of carbonyl (C=O) groups excluding carboxylic acids is 1. The van der Waals surface area contributed by atoms with Crippen molar-refractivity contribution < 1.29 is 14.3 Å². The second-order valence-corrected chi connectivity index (χ2v) is 4.41. The molecule has 0 fully saturated rings. The SMILES string of the molecule is CCn1cncc1CNc1ccc(OCC(=O)OC)cc1. The predicted octanol–water partition coefficient (Wildman–Crippen LogP) is 2.07. The van der Waals surface area contributed by atoms with Gasteiger partial charge in [-0.25, -0.2) is 9.78 Å². The summed E-state index contributed by atoms with van der Waals surface area (Å²) in [6.45, 7) is 3.60.